The second-order valence-electron chi connectivity index (χ2n) is 10.0. The molecule has 16 heteroatoms. The van der Waals surface area contributed by atoms with E-state index in [1.165, 1.54) is 0 Å². The van der Waals surface area contributed by atoms with Crippen LogP contribution in [-0.2, 0) is 24.0 Å². The van der Waals surface area contributed by atoms with Gasteiger partial charge in [0.25, 0.3) is 0 Å². The van der Waals surface area contributed by atoms with E-state index >= 15 is 0 Å². The van der Waals surface area contributed by atoms with Gasteiger partial charge in [-0.05, 0) is 63.8 Å². The zero-order chi connectivity index (χ0) is 31.2. The normalized spacial score (nSPS) is 13.6. The van der Waals surface area contributed by atoms with Gasteiger partial charge >= 0.3 is 0 Å². The lowest BCUT2D eigenvalue weighted by Crippen LogP contribution is -2.57. The molecule has 0 aliphatic rings. The van der Waals surface area contributed by atoms with Crippen molar-refractivity contribution in [1.82, 2.24) is 21.3 Å². The third kappa shape index (κ3) is 18.1. The highest BCUT2D eigenvalue weighted by molar-refractivity contribution is 5.94. The highest BCUT2D eigenvalue weighted by atomic mass is 16.2. The Bertz CT molecular complexity index is 874. The van der Waals surface area contributed by atoms with E-state index in [9.17, 15) is 24.0 Å². The number of rotatable bonds is 23. The molecule has 0 aromatic carbocycles. The van der Waals surface area contributed by atoms with Crippen molar-refractivity contribution in [2.24, 2.45) is 44.6 Å². The van der Waals surface area contributed by atoms with Crippen molar-refractivity contribution >= 4 is 42.3 Å². The number of aliphatic imine (C=N–C) groups is 2. The molecule has 4 amide bonds. The minimum Gasteiger partial charge on any atom is -0.370 e. The number of guanidine groups is 2. The largest absolute Gasteiger partial charge is 0.370 e. The number of aldehydes is 1. The predicted molar refractivity (Wildman–Crippen MR) is 157 cm³/mol. The number of nitrogens with zero attached hydrogens (tertiary/aromatic N) is 2. The summed E-state index contributed by atoms with van der Waals surface area (Å²) in [4.78, 5) is 69.8. The van der Waals surface area contributed by atoms with Crippen LogP contribution >= 0.6 is 0 Å². The second-order valence-corrected chi connectivity index (χ2v) is 10.0. The van der Waals surface area contributed by atoms with Crippen molar-refractivity contribution in [3.8, 4) is 0 Å². The fraction of sp³-hybridized carbons (Fsp3) is 0.720. The molecule has 0 radical (unpaired) electrons. The van der Waals surface area contributed by atoms with Crippen LogP contribution in [0.25, 0.3) is 0 Å². The lowest BCUT2D eigenvalue weighted by molar-refractivity contribution is -0.133. The Morgan fingerprint density at radius 1 is 0.707 bits per heavy atom. The van der Waals surface area contributed by atoms with Crippen LogP contribution in [0, 0.1) is 5.92 Å². The Labute approximate surface area is 241 Å². The molecule has 14 N–H and O–H groups in total. The van der Waals surface area contributed by atoms with Crippen LogP contribution in [0.2, 0.25) is 0 Å². The number of carbonyl (C=O) groups excluding carboxylic acids is 5. The van der Waals surface area contributed by atoms with Crippen LogP contribution in [0.15, 0.2) is 9.98 Å². The Balaban J connectivity index is 5.64. The third-order valence-electron chi connectivity index (χ3n) is 5.91. The van der Waals surface area contributed by atoms with E-state index in [1.807, 2.05) is 13.8 Å². The summed E-state index contributed by atoms with van der Waals surface area (Å²) in [7, 11) is 0. The molecule has 0 aliphatic carbocycles. The van der Waals surface area contributed by atoms with Gasteiger partial charge < -0.3 is 54.7 Å². The van der Waals surface area contributed by atoms with Crippen molar-refractivity contribution in [3.63, 3.8) is 0 Å². The predicted octanol–water partition coefficient (Wildman–Crippen LogP) is -2.96. The Morgan fingerprint density at radius 2 is 1.22 bits per heavy atom. The van der Waals surface area contributed by atoms with Crippen molar-refractivity contribution in [3.05, 3.63) is 0 Å². The average molecular weight is 584 g/mol. The van der Waals surface area contributed by atoms with Gasteiger partial charge in [-0.25, -0.2) is 0 Å². The number of hydrogen-bond donors (Lipinski definition) is 9. The molecule has 41 heavy (non-hydrogen) atoms. The molecule has 0 aromatic rings. The number of hydrogen-bond acceptors (Lipinski definition) is 8. The van der Waals surface area contributed by atoms with Crippen molar-refractivity contribution in [2.75, 3.05) is 19.6 Å². The highest BCUT2D eigenvalue weighted by Gasteiger charge is 2.30. The summed E-state index contributed by atoms with van der Waals surface area (Å²) in [5.74, 6) is -1.86. The van der Waals surface area contributed by atoms with E-state index in [2.05, 4.69) is 31.3 Å². The fourth-order valence-electron chi connectivity index (χ4n) is 3.86. The first-order valence-corrected chi connectivity index (χ1v) is 13.8. The molecule has 0 aromatic heterocycles. The average Bonchev–Trinajstić information content (AvgIpc) is 2.90. The van der Waals surface area contributed by atoms with Crippen LogP contribution < -0.4 is 49.9 Å². The molecule has 4 atom stereocenters. The summed E-state index contributed by atoms with van der Waals surface area (Å²) in [6.45, 7) is 4.70. The first-order valence-electron chi connectivity index (χ1n) is 13.8. The van der Waals surface area contributed by atoms with Gasteiger partial charge in [-0.2, -0.15) is 0 Å². The van der Waals surface area contributed by atoms with Gasteiger partial charge in [-0.15, -0.1) is 0 Å². The molecule has 0 unspecified atom stereocenters. The number of nitrogens with two attached hydrogens (primary N) is 5. The van der Waals surface area contributed by atoms with E-state index in [1.54, 1.807) is 0 Å². The van der Waals surface area contributed by atoms with Crippen LogP contribution in [0.3, 0.4) is 0 Å². The molecule has 0 aliphatic heterocycles. The van der Waals surface area contributed by atoms with Gasteiger partial charge in [-0.1, -0.05) is 13.8 Å². The minimum atomic E-state index is -1.05. The van der Waals surface area contributed by atoms with Crippen LogP contribution in [0.1, 0.15) is 65.2 Å². The minimum absolute atomic E-state index is 0.0150. The van der Waals surface area contributed by atoms with Crippen LogP contribution in [0.4, 0.5) is 0 Å². The molecule has 234 valence electrons. The van der Waals surface area contributed by atoms with Crippen LogP contribution in [0.5, 0.6) is 0 Å². The maximum atomic E-state index is 13.4. The molecule has 0 spiro atoms. The third-order valence-corrected chi connectivity index (χ3v) is 5.91. The zero-order valence-electron chi connectivity index (χ0n) is 24.1. The summed E-state index contributed by atoms with van der Waals surface area (Å²) in [5.41, 5.74) is 26.9. The highest BCUT2D eigenvalue weighted by Crippen LogP contribution is 2.09. The standard InChI is InChI=1S/C25H49N11O5/c1-16(2)13-20(23(41)34-17(14-37)7-5-11-31-24(27)28)36-22(40)19(9-6-12-32-25(29)30)35-21(39)18(33-15-38)8-3-4-10-26/h14-20H,3-13,26H2,1-2H3,(H,33,38)(H,34,41)(H,35,39)(H,36,40)(H4,27,28,31)(H4,29,30,32)/t17-,18-,19-,20-/m0/s1. The number of nitrogens with one attached hydrogen (secondary N) is 4. The fourth-order valence-corrected chi connectivity index (χ4v) is 3.86. The van der Waals surface area contributed by atoms with Crippen molar-refractivity contribution in [2.45, 2.75) is 89.4 Å². The molecule has 0 rings (SSSR count). The van der Waals surface area contributed by atoms with Gasteiger partial charge in [0.05, 0.1) is 6.04 Å². The van der Waals surface area contributed by atoms with E-state index < -0.39 is 41.9 Å². The topological polar surface area (TPSA) is 288 Å². The van der Waals surface area contributed by atoms with Gasteiger partial charge in [0, 0.05) is 13.1 Å². The number of carbonyl (C=O) groups is 5. The van der Waals surface area contributed by atoms with E-state index in [0.29, 0.717) is 64.3 Å². The summed E-state index contributed by atoms with van der Waals surface area (Å²) in [5, 5.41) is 10.5. The smallest absolute Gasteiger partial charge is 0.243 e. The first kappa shape index (κ1) is 37.0. The maximum absolute atomic E-state index is 13.4. The molecule has 0 saturated heterocycles. The van der Waals surface area contributed by atoms with Gasteiger partial charge in [-0.3, -0.25) is 29.2 Å². The Hall–Kier alpha value is -3.95. The Morgan fingerprint density at radius 3 is 1.73 bits per heavy atom. The molecule has 0 heterocycles. The van der Waals surface area contributed by atoms with E-state index in [0.717, 1.165) is 0 Å². The van der Waals surface area contributed by atoms with Crippen molar-refractivity contribution in [1.29, 1.82) is 0 Å². The lowest BCUT2D eigenvalue weighted by Gasteiger charge is -2.26. The monoisotopic (exact) mass is 583 g/mol. The summed E-state index contributed by atoms with van der Waals surface area (Å²) >= 11 is 0. The number of unbranched alkanes of at least 4 members (excludes halogenated alkanes) is 1. The van der Waals surface area contributed by atoms with Gasteiger partial charge in [0.15, 0.2) is 11.9 Å². The second kappa shape index (κ2) is 21.8. The van der Waals surface area contributed by atoms with Gasteiger partial charge in [0.1, 0.15) is 24.4 Å². The first-order chi connectivity index (χ1) is 19.4. The van der Waals surface area contributed by atoms with E-state index in [4.69, 9.17) is 28.7 Å². The lowest BCUT2D eigenvalue weighted by atomic mass is 10.0. The SMILES string of the molecule is CC(C)C[C@H](NC(=O)[C@H](CCCN=C(N)N)NC(=O)[C@H](CCCCN)NC=O)C(=O)N[C@H](C=O)CCCN=C(N)N. The molecule has 0 bridgehead atoms. The quantitative estimate of drug-likeness (QED) is 0.0255. The van der Waals surface area contributed by atoms with Crippen molar-refractivity contribution < 1.29 is 24.0 Å². The molecular weight excluding hydrogens is 534 g/mol. The molecule has 0 saturated carbocycles. The summed E-state index contributed by atoms with van der Waals surface area (Å²) in [6, 6.07) is -3.70. The molecule has 16 nitrogen and oxygen atoms in total. The van der Waals surface area contributed by atoms with Crippen LogP contribution in [-0.4, -0.2) is 86.1 Å². The summed E-state index contributed by atoms with van der Waals surface area (Å²) in [6.07, 6.45) is 4.15. The summed E-state index contributed by atoms with van der Waals surface area (Å²) < 4.78 is 0. The zero-order valence-corrected chi connectivity index (χ0v) is 24.1. The van der Waals surface area contributed by atoms with Gasteiger partial charge in [0.2, 0.25) is 24.1 Å². The Kier molecular flexibility index (Phi) is 19.7. The molecule has 0 fully saturated rings. The molecular formula is C25H49N11O5. The van der Waals surface area contributed by atoms with E-state index in [-0.39, 0.29) is 37.2 Å². The maximum Gasteiger partial charge on any atom is 0.243 e. The number of amides is 4.